The van der Waals surface area contributed by atoms with E-state index in [-0.39, 0.29) is 35.1 Å². The lowest BCUT2D eigenvalue weighted by molar-refractivity contribution is -0.117. The zero-order valence-corrected chi connectivity index (χ0v) is 12.7. The van der Waals surface area contributed by atoms with E-state index in [0.29, 0.717) is 24.3 Å². The van der Waals surface area contributed by atoms with Crippen LogP contribution in [0.1, 0.15) is 11.1 Å². The third-order valence-electron chi connectivity index (χ3n) is 3.45. The molecule has 2 amide bonds. The van der Waals surface area contributed by atoms with Crippen LogP contribution in [0.5, 0.6) is 0 Å². The van der Waals surface area contributed by atoms with Crippen molar-refractivity contribution in [3.05, 3.63) is 29.1 Å². The Kier molecular flexibility index (Phi) is 5.08. The van der Waals surface area contributed by atoms with Gasteiger partial charge in [-0.25, -0.2) is 4.39 Å². The Morgan fingerprint density at radius 3 is 2.95 bits per heavy atom. The fourth-order valence-corrected chi connectivity index (χ4v) is 3.15. The predicted octanol–water partition coefficient (Wildman–Crippen LogP) is 1.66. The molecule has 3 N–H and O–H groups in total. The first-order valence-electron chi connectivity index (χ1n) is 6.40. The molecular formula is C13H15ClFN3O2S. The minimum atomic E-state index is -0.593. The average Bonchev–Trinajstić information content (AvgIpc) is 2.89. The second-order valence-corrected chi connectivity index (χ2v) is 5.77. The molecule has 1 saturated heterocycles. The molecule has 0 unspecified atom stereocenters. The Hall–Kier alpha value is -1.31. The molecule has 0 radical (unpaired) electrons. The van der Waals surface area contributed by atoms with E-state index in [1.807, 2.05) is 6.07 Å². The Morgan fingerprint density at radius 1 is 1.43 bits per heavy atom. The lowest BCUT2D eigenvalue weighted by Crippen LogP contribution is -2.39. The number of hydrogen-bond donors (Lipinski definition) is 3. The summed E-state index contributed by atoms with van der Waals surface area (Å²) in [5.74, 6) is -0.369. The molecule has 5 nitrogen and oxygen atoms in total. The van der Waals surface area contributed by atoms with E-state index < -0.39 is 6.04 Å². The van der Waals surface area contributed by atoms with Crippen LogP contribution in [0.4, 0.5) is 14.9 Å². The largest absolute Gasteiger partial charge is 0.334 e. The molecule has 114 valence electrons. The molecule has 1 aromatic carbocycles. The second-order valence-electron chi connectivity index (χ2n) is 4.78. The Balaban J connectivity index is 0.00000161. The number of thioether (sulfide) groups is 1. The molecule has 8 heteroatoms. The standard InChI is InChI=1S/C13H14FN3O2S.ClH/c14-11-8-3-4-15-5-7(8)1-2-9(11)16-12(18)10-6-20-13(19)17-10;/h1-2,10,15H,3-6H2,(H,16,18)(H,17,19);1H/t10-;/m0./s1. The maximum absolute atomic E-state index is 14.3. The van der Waals surface area contributed by atoms with E-state index in [0.717, 1.165) is 23.9 Å². The molecule has 0 bridgehead atoms. The van der Waals surface area contributed by atoms with Gasteiger partial charge in [0.05, 0.1) is 5.69 Å². The maximum atomic E-state index is 14.3. The monoisotopic (exact) mass is 331 g/mol. The zero-order chi connectivity index (χ0) is 14.1. The fourth-order valence-electron chi connectivity index (χ4n) is 2.38. The Bertz CT molecular complexity index is 585. The first kappa shape index (κ1) is 16.1. The van der Waals surface area contributed by atoms with Gasteiger partial charge >= 0.3 is 0 Å². The van der Waals surface area contributed by atoms with Crippen LogP contribution in [-0.4, -0.2) is 29.5 Å². The normalized spacial score (nSPS) is 20.2. The van der Waals surface area contributed by atoms with Gasteiger partial charge in [0.1, 0.15) is 11.9 Å². The van der Waals surface area contributed by atoms with E-state index in [9.17, 15) is 14.0 Å². The summed E-state index contributed by atoms with van der Waals surface area (Å²) in [5, 5.41) is 8.05. The van der Waals surface area contributed by atoms with Gasteiger partial charge in [-0.2, -0.15) is 0 Å². The zero-order valence-electron chi connectivity index (χ0n) is 11.1. The molecular weight excluding hydrogens is 317 g/mol. The summed E-state index contributed by atoms with van der Waals surface area (Å²) >= 11 is 1.06. The van der Waals surface area contributed by atoms with Gasteiger partial charge in [0.2, 0.25) is 5.91 Å². The highest BCUT2D eigenvalue weighted by atomic mass is 35.5. The Morgan fingerprint density at radius 2 is 2.24 bits per heavy atom. The van der Waals surface area contributed by atoms with Crippen molar-refractivity contribution < 1.29 is 14.0 Å². The summed E-state index contributed by atoms with van der Waals surface area (Å²) in [5.41, 5.74) is 1.77. The summed E-state index contributed by atoms with van der Waals surface area (Å²) in [4.78, 5) is 23.0. The van der Waals surface area contributed by atoms with Crippen molar-refractivity contribution in [1.82, 2.24) is 10.6 Å². The fraction of sp³-hybridized carbons (Fsp3) is 0.385. The smallest absolute Gasteiger partial charge is 0.279 e. The van der Waals surface area contributed by atoms with Gasteiger partial charge in [0.25, 0.3) is 5.24 Å². The van der Waals surface area contributed by atoms with Gasteiger partial charge in [0, 0.05) is 12.3 Å². The molecule has 1 aromatic rings. The van der Waals surface area contributed by atoms with Crippen molar-refractivity contribution in [2.45, 2.75) is 19.0 Å². The number of amides is 2. The summed E-state index contributed by atoms with van der Waals surface area (Å²) in [6.07, 6.45) is 0.612. The first-order chi connectivity index (χ1) is 9.65. The first-order valence-corrected chi connectivity index (χ1v) is 7.39. The van der Waals surface area contributed by atoms with Crippen molar-refractivity contribution in [1.29, 1.82) is 0 Å². The van der Waals surface area contributed by atoms with E-state index in [1.165, 1.54) is 0 Å². The second kappa shape index (κ2) is 6.64. The van der Waals surface area contributed by atoms with Gasteiger partial charge < -0.3 is 16.0 Å². The van der Waals surface area contributed by atoms with E-state index in [1.54, 1.807) is 6.07 Å². The Labute approximate surface area is 131 Å². The van der Waals surface area contributed by atoms with E-state index in [4.69, 9.17) is 0 Å². The van der Waals surface area contributed by atoms with Crippen LogP contribution >= 0.6 is 24.2 Å². The van der Waals surface area contributed by atoms with Gasteiger partial charge in [-0.1, -0.05) is 17.8 Å². The number of benzene rings is 1. The van der Waals surface area contributed by atoms with Gasteiger partial charge in [-0.15, -0.1) is 12.4 Å². The summed E-state index contributed by atoms with van der Waals surface area (Å²) in [6.45, 7) is 1.38. The van der Waals surface area contributed by atoms with Crippen LogP contribution in [0.2, 0.25) is 0 Å². The molecule has 1 atom stereocenters. The van der Waals surface area contributed by atoms with Crippen LogP contribution in [0.25, 0.3) is 0 Å². The number of fused-ring (bicyclic) bond motifs is 1. The van der Waals surface area contributed by atoms with Crippen LogP contribution in [0, 0.1) is 5.82 Å². The highest BCUT2D eigenvalue weighted by Crippen LogP contribution is 2.25. The number of rotatable bonds is 2. The average molecular weight is 332 g/mol. The maximum Gasteiger partial charge on any atom is 0.279 e. The lowest BCUT2D eigenvalue weighted by Gasteiger charge is -2.20. The molecule has 0 saturated carbocycles. The number of hydrogen-bond acceptors (Lipinski definition) is 4. The minimum Gasteiger partial charge on any atom is -0.334 e. The molecule has 0 spiro atoms. The molecule has 21 heavy (non-hydrogen) atoms. The van der Waals surface area contributed by atoms with E-state index in [2.05, 4.69) is 16.0 Å². The molecule has 2 aliphatic rings. The summed E-state index contributed by atoms with van der Waals surface area (Å²) < 4.78 is 14.3. The van der Waals surface area contributed by atoms with Crippen molar-refractivity contribution >= 4 is 41.0 Å². The number of anilines is 1. The molecule has 2 aliphatic heterocycles. The van der Waals surface area contributed by atoms with Crippen LogP contribution in [0.3, 0.4) is 0 Å². The number of carbonyl (C=O) groups is 2. The highest BCUT2D eigenvalue weighted by Gasteiger charge is 2.29. The highest BCUT2D eigenvalue weighted by molar-refractivity contribution is 8.14. The van der Waals surface area contributed by atoms with E-state index >= 15 is 0 Å². The van der Waals surface area contributed by atoms with Crippen LogP contribution in [0.15, 0.2) is 12.1 Å². The van der Waals surface area contributed by atoms with Gasteiger partial charge in [-0.05, 0) is 30.2 Å². The molecule has 0 aliphatic carbocycles. The number of carbonyl (C=O) groups excluding carboxylic acids is 2. The lowest BCUT2D eigenvalue weighted by atomic mass is 9.99. The summed E-state index contributed by atoms with van der Waals surface area (Å²) in [6, 6.07) is 2.80. The molecule has 0 aromatic heterocycles. The van der Waals surface area contributed by atoms with Gasteiger partial charge in [0.15, 0.2) is 0 Å². The number of nitrogens with one attached hydrogen (secondary N) is 3. The van der Waals surface area contributed by atoms with Gasteiger partial charge in [-0.3, -0.25) is 9.59 Å². The predicted molar refractivity (Wildman–Crippen MR) is 82.5 cm³/mol. The van der Waals surface area contributed by atoms with Crippen LogP contribution in [-0.2, 0) is 17.8 Å². The van der Waals surface area contributed by atoms with Crippen molar-refractivity contribution in [2.75, 3.05) is 17.6 Å². The molecule has 1 fully saturated rings. The SMILES string of the molecule is Cl.O=C1N[C@H](C(=O)Nc2ccc3c(c2F)CCNC3)CS1. The van der Waals surface area contributed by atoms with Crippen molar-refractivity contribution in [2.24, 2.45) is 0 Å². The molecule has 3 rings (SSSR count). The third kappa shape index (κ3) is 3.30. The van der Waals surface area contributed by atoms with Crippen molar-refractivity contribution in [3.8, 4) is 0 Å². The molecule has 2 heterocycles. The minimum absolute atomic E-state index is 0. The number of halogens is 2. The van der Waals surface area contributed by atoms with Crippen LogP contribution < -0.4 is 16.0 Å². The van der Waals surface area contributed by atoms with Crippen molar-refractivity contribution in [3.63, 3.8) is 0 Å². The summed E-state index contributed by atoms with van der Waals surface area (Å²) in [7, 11) is 0. The third-order valence-corrected chi connectivity index (χ3v) is 4.34. The quantitative estimate of drug-likeness (QED) is 0.771. The topological polar surface area (TPSA) is 70.2 Å².